The quantitative estimate of drug-likeness (QED) is 0.249. The molecule has 0 atom stereocenters. The Labute approximate surface area is 195 Å². The second-order valence-electron chi connectivity index (χ2n) is 7.85. The van der Waals surface area contributed by atoms with Crippen LogP contribution < -0.4 is 4.74 Å². The van der Waals surface area contributed by atoms with Crippen LogP contribution in [0.5, 0.6) is 17.2 Å². The van der Waals surface area contributed by atoms with Crippen molar-refractivity contribution in [3.05, 3.63) is 93.4 Å². The maximum absolute atomic E-state index is 13.5. The predicted octanol–water partition coefficient (Wildman–Crippen LogP) is 6.65. The van der Waals surface area contributed by atoms with Gasteiger partial charge in [0.05, 0.1) is 0 Å². The number of carboxylic acid groups (broad SMARTS) is 1. The summed E-state index contributed by atoms with van der Waals surface area (Å²) >= 11 is 1.28. The molecule has 6 heteroatoms. The van der Waals surface area contributed by atoms with Gasteiger partial charge < -0.3 is 14.9 Å². The topological polar surface area (TPSA) is 83.8 Å². The van der Waals surface area contributed by atoms with E-state index in [1.807, 2.05) is 32.9 Å². The monoisotopic (exact) mass is 458 g/mol. The number of aliphatic carboxylic acids is 1. The van der Waals surface area contributed by atoms with Crippen LogP contribution in [0.15, 0.2) is 60.7 Å². The van der Waals surface area contributed by atoms with Gasteiger partial charge in [-0.15, -0.1) is 11.3 Å². The van der Waals surface area contributed by atoms with Gasteiger partial charge in [-0.3, -0.25) is 4.79 Å². The fourth-order valence-corrected chi connectivity index (χ4v) is 4.67. The Bertz CT molecular complexity index is 1390. The molecule has 1 aromatic heterocycles. The standard InChI is InChI=1S/C27H22O5S/c1-15-12-19(13-16(2)17(15)3)25(31)27-26(22-10-7-20(28)14-23(22)33-27)32-21-8-4-18(5-9-21)6-11-24(29)30/h4-14,28H,1-3H3,(H,29,30)/b11-6+. The number of carbonyl (C=O) groups is 2. The van der Waals surface area contributed by atoms with Crippen LogP contribution in [0.3, 0.4) is 0 Å². The molecule has 4 aromatic rings. The highest BCUT2D eigenvalue weighted by atomic mass is 32.1. The van der Waals surface area contributed by atoms with Crippen LogP contribution >= 0.6 is 11.3 Å². The van der Waals surface area contributed by atoms with Gasteiger partial charge in [0.15, 0.2) is 5.75 Å². The minimum Gasteiger partial charge on any atom is -0.508 e. The largest absolute Gasteiger partial charge is 0.508 e. The number of phenols is 1. The first-order valence-electron chi connectivity index (χ1n) is 10.3. The van der Waals surface area contributed by atoms with Crippen LogP contribution in [0.1, 0.15) is 37.5 Å². The maximum atomic E-state index is 13.5. The maximum Gasteiger partial charge on any atom is 0.328 e. The highest BCUT2D eigenvalue weighted by Gasteiger charge is 2.23. The highest BCUT2D eigenvalue weighted by molar-refractivity contribution is 7.21. The Balaban J connectivity index is 1.77. The number of hydrogen-bond donors (Lipinski definition) is 2. The van der Waals surface area contributed by atoms with Crippen molar-refractivity contribution in [2.45, 2.75) is 20.8 Å². The van der Waals surface area contributed by atoms with Crippen molar-refractivity contribution in [2.24, 2.45) is 0 Å². The van der Waals surface area contributed by atoms with Gasteiger partial charge in [-0.05, 0) is 91.6 Å². The van der Waals surface area contributed by atoms with Crippen LogP contribution in [0.2, 0.25) is 0 Å². The number of ether oxygens (including phenoxy) is 1. The fraction of sp³-hybridized carbons (Fsp3) is 0.111. The zero-order chi connectivity index (χ0) is 23.7. The van der Waals surface area contributed by atoms with Crippen LogP contribution in [0.4, 0.5) is 0 Å². The smallest absolute Gasteiger partial charge is 0.328 e. The van der Waals surface area contributed by atoms with E-state index < -0.39 is 5.97 Å². The zero-order valence-electron chi connectivity index (χ0n) is 18.4. The van der Waals surface area contributed by atoms with Gasteiger partial charge in [0.25, 0.3) is 0 Å². The Morgan fingerprint density at radius 3 is 2.24 bits per heavy atom. The molecule has 0 saturated carbocycles. The average Bonchev–Trinajstić information content (AvgIpc) is 3.13. The van der Waals surface area contributed by atoms with Crippen molar-refractivity contribution in [1.29, 1.82) is 0 Å². The number of aromatic hydroxyl groups is 1. The average molecular weight is 459 g/mol. The van der Waals surface area contributed by atoms with Gasteiger partial charge >= 0.3 is 5.97 Å². The highest BCUT2D eigenvalue weighted by Crippen LogP contribution is 2.42. The third-order valence-electron chi connectivity index (χ3n) is 5.54. The van der Waals surface area contributed by atoms with Crippen LogP contribution in [0, 0.1) is 20.8 Å². The fourth-order valence-electron chi connectivity index (χ4n) is 3.54. The molecule has 0 aliphatic heterocycles. The minimum absolute atomic E-state index is 0.117. The molecule has 0 bridgehead atoms. The molecule has 2 N–H and O–H groups in total. The summed E-state index contributed by atoms with van der Waals surface area (Å²) in [6, 6.07) is 15.6. The number of aryl methyl sites for hydroxylation is 2. The lowest BCUT2D eigenvalue weighted by Gasteiger charge is -2.10. The Hall–Kier alpha value is -3.90. The van der Waals surface area contributed by atoms with Crippen molar-refractivity contribution in [3.8, 4) is 17.2 Å². The van der Waals surface area contributed by atoms with Crippen molar-refractivity contribution < 1.29 is 24.5 Å². The molecular weight excluding hydrogens is 436 g/mol. The van der Waals surface area contributed by atoms with Gasteiger partial charge in [-0.2, -0.15) is 0 Å². The molecule has 0 fully saturated rings. The predicted molar refractivity (Wildman–Crippen MR) is 131 cm³/mol. The number of carboxylic acids is 1. The van der Waals surface area contributed by atoms with Gasteiger partial charge in [0.2, 0.25) is 5.78 Å². The lowest BCUT2D eigenvalue weighted by atomic mass is 9.98. The molecule has 33 heavy (non-hydrogen) atoms. The molecule has 3 aromatic carbocycles. The van der Waals surface area contributed by atoms with Crippen LogP contribution in [-0.4, -0.2) is 22.0 Å². The summed E-state index contributed by atoms with van der Waals surface area (Å²) in [5, 5.41) is 19.5. The lowest BCUT2D eigenvalue weighted by molar-refractivity contribution is -0.131. The molecule has 0 aliphatic rings. The minimum atomic E-state index is -1.02. The first-order chi connectivity index (χ1) is 15.7. The number of hydrogen-bond acceptors (Lipinski definition) is 5. The Morgan fingerprint density at radius 2 is 1.61 bits per heavy atom. The van der Waals surface area contributed by atoms with Crippen molar-refractivity contribution in [1.82, 2.24) is 0 Å². The number of carbonyl (C=O) groups excluding carboxylic acids is 1. The molecule has 0 aliphatic carbocycles. The number of benzene rings is 3. The molecule has 0 radical (unpaired) electrons. The van der Waals surface area contributed by atoms with E-state index in [1.165, 1.54) is 17.4 Å². The van der Waals surface area contributed by atoms with Gasteiger partial charge in [-0.1, -0.05) is 12.1 Å². The molecule has 0 amide bonds. The normalized spacial score (nSPS) is 11.2. The first-order valence-corrected chi connectivity index (χ1v) is 11.1. The van der Waals surface area contributed by atoms with Crippen LogP contribution in [0.25, 0.3) is 16.2 Å². The molecule has 5 nitrogen and oxygen atoms in total. The molecule has 0 spiro atoms. The summed E-state index contributed by atoms with van der Waals surface area (Å²) in [5.74, 6) is -0.0953. The first kappa shape index (κ1) is 22.3. The third kappa shape index (κ3) is 4.66. The number of fused-ring (bicyclic) bond motifs is 1. The lowest BCUT2D eigenvalue weighted by Crippen LogP contribution is -2.03. The van der Waals surface area contributed by atoms with E-state index in [-0.39, 0.29) is 11.5 Å². The van der Waals surface area contributed by atoms with E-state index in [1.54, 1.807) is 42.5 Å². The molecular formula is C27H22O5S. The summed E-state index contributed by atoms with van der Waals surface area (Å²) < 4.78 is 6.92. The number of rotatable bonds is 6. The Kier molecular flexibility index (Phi) is 6.03. The van der Waals surface area contributed by atoms with E-state index in [0.29, 0.717) is 27.5 Å². The van der Waals surface area contributed by atoms with E-state index in [9.17, 15) is 14.7 Å². The van der Waals surface area contributed by atoms with Crippen molar-refractivity contribution >= 4 is 39.3 Å². The van der Waals surface area contributed by atoms with Gasteiger partial charge in [0.1, 0.15) is 16.4 Å². The second kappa shape index (κ2) is 8.92. The summed E-state index contributed by atoms with van der Waals surface area (Å²) in [6.07, 6.45) is 2.56. The number of ketones is 1. The summed E-state index contributed by atoms with van der Waals surface area (Å²) in [7, 11) is 0. The summed E-state index contributed by atoms with van der Waals surface area (Å²) in [6.45, 7) is 6.00. The van der Waals surface area contributed by atoms with Gasteiger partial charge in [-0.25, -0.2) is 4.79 Å². The van der Waals surface area contributed by atoms with Crippen molar-refractivity contribution in [3.63, 3.8) is 0 Å². The molecule has 4 rings (SSSR count). The van der Waals surface area contributed by atoms with E-state index in [2.05, 4.69) is 0 Å². The molecule has 0 saturated heterocycles. The number of thiophene rings is 1. The second-order valence-corrected chi connectivity index (χ2v) is 8.90. The van der Waals surface area contributed by atoms with Crippen LogP contribution in [-0.2, 0) is 4.79 Å². The third-order valence-corrected chi connectivity index (χ3v) is 6.67. The number of phenolic OH excluding ortho intramolecular Hbond substituents is 1. The van der Waals surface area contributed by atoms with Crippen molar-refractivity contribution in [2.75, 3.05) is 0 Å². The molecule has 0 unspecified atom stereocenters. The molecule has 1 heterocycles. The van der Waals surface area contributed by atoms with E-state index in [0.717, 1.165) is 32.9 Å². The van der Waals surface area contributed by atoms with E-state index in [4.69, 9.17) is 9.84 Å². The summed E-state index contributed by atoms with van der Waals surface area (Å²) in [5.41, 5.74) is 4.55. The SMILES string of the molecule is Cc1cc(C(=O)c2sc3cc(O)ccc3c2Oc2ccc(/C=C/C(=O)O)cc2)cc(C)c1C. The van der Waals surface area contributed by atoms with E-state index >= 15 is 0 Å². The summed E-state index contributed by atoms with van der Waals surface area (Å²) in [4.78, 5) is 24.7. The Morgan fingerprint density at radius 1 is 0.939 bits per heavy atom. The molecule has 166 valence electrons. The zero-order valence-corrected chi connectivity index (χ0v) is 19.2. The van der Waals surface area contributed by atoms with Gasteiger partial charge in [0, 0.05) is 21.7 Å².